The summed E-state index contributed by atoms with van der Waals surface area (Å²) in [6, 6.07) is 19.3. The van der Waals surface area contributed by atoms with E-state index in [1.165, 1.54) is 11.8 Å². The Morgan fingerprint density at radius 1 is 0.875 bits per heavy atom. The van der Waals surface area contributed by atoms with Crippen molar-refractivity contribution in [2.75, 3.05) is 10.6 Å². The first kappa shape index (κ1) is 15.9. The third-order valence-corrected chi connectivity index (χ3v) is 3.75. The number of carbonyl (C=O) groups excluding carboxylic acids is 1. The molecule has 0 atom stereocenters. The van der Waals surface area contributed by atoms with E-state index in [9.17, 15) is 4.79 Å². The Kier molecular flexibility index (Phi) is 4.66. The number of benzene rings is 2. The Morgan fingerprint density at radius 3 is 2.00 bits per heavy atom. The molecule has 1 heterocycles. The number of rotatable bonds is 5. The molecule has 0 aliphatic rings. The van der Waals surface area contributed by atoms with Crippen molar-refractivity contribution in [2.24, 2.45) is 0 Å². The summed E-state index contributed by atoms with van der Waals surface area (Å²) < 4.78 is 5.07. The van der Waals surface area contributed by atoms with Gasteiger partial charge in [0.15, 0.2) is 5.76 Å². The Balaban J connectivity index is 1.63. The zero-order chi connectivity index (χ0) is 16.9. The molecule has 2 N–H and O–H groups in total. The zero-order valence-electron chi connectivity index (χ0n) is 13.7. The minimum atomic E-state index is -0.259. The normalized spacial score (nSPS) is 10.6. The van der Waals surface area contributed by atoms with E-state index in [1.807, 2.05) is 24.3 Å². The van der Waals surface area contributed by atoms with Gasteiger partial charge in [0.25, 0.3) is 5.91 Å². The molecule has 4 nitrogen and oxygen atoms in total. The zero-order valence-corrected chi connectivity index (χ0v) is 13.7. The van der Waals surface area contributed by atoms with E-state index >= 15 is 0 Å². The van der Waals surface area contributed by atoms with Crippen molar-refractivity contribution in [3.05, 3.63) is 78.3 Å². The second kappa shape index (κ2) is 7.04. The fraction of sp³-hybridized carbons (Fsp3) is 0.150. The minimum absolute atomic E-state index is 0.259. The minimum Gasteiger partial charge on any atom is -0.459 e. The van der Waals surface area contributed by atoms with Gasteiger partial charge in [-0.1, -0.05) is 26.0 Å². The van der Waals surface area contributed by atoms with Crippen molar-refractivity contribution < 1.29 is 9.21 Å². The van der Waals surface area contributed by atoms with Crippen LogP contribution in [-0.4, -0.2) is 5.91 Å². The van der Waals surface area contributed by atoms with Crippen LogP contribution in [0.1, 0.15) is 35.9 Å². The highest BCUT2D eigenvalue weighted by atomic mass is 16.3. The molecule has 3 rings (SSSR count). The quantitative estimate of drug-likeness (QED) is 0.662. The van der Waals surface area contributed by atoms with Crippen LogP contribution < -0.4 is 10.6 Å². The number of nitrogens with one attached hydrogen (secondary N) is 2. The number of amides is 1. The van der Waals surface area contributed by atoms with E-state index < -0.39 is 0 Å². The molecular formula is C20H20N2O2. The first-order valence-electron chi connectivity index (χ1n) is 7.94. The lowest BCUT2D eigenvalue weighted by Crippen LogP contribution is -2.10. The SMILES string of the molecule is CC(C)c1ccc(Nc2ccc(NC(=O)c3ccco3)cc2)cc1. The smallest absolute Gasteiger partial charge is 0.291 e. The molecule has 0 spiro atoms. The Hall–Kier alpha value is -3.01. The summed E-state index contributed by atoms with van der Waals surface area (Å²) in [5.41, 5.74) is 4.03. The predicted molar refractivity (Wildman–Crippen MR) is 96.9 cm³/mol. The summed E-state index contributed by atoms with van der Waals surface area (Å²) in [6.07, 6.45) is 1.48. The molecule has 0 aliphatic heterocycles. The lowest BCUT2D eigenvalue weighted by molar-refractivity contribution is 0.0996. The van der Waals surface area contributed by atoms with Gasteiger partial charge >= 0.3 is 0 Å². The molecule has 24 heavy (non-hydrogen) atoms. The Morgan fingerprint density at radius 2 is 1.46 bits per heavy atom. The molecule has 0 unspecified atom stereocenters. The van der Waals surface area contributed by atoms with E-state index in [0.29, 0.717) is 11.7 Å². The lowest BCUT2D eigenvalue weighted by atomic mass is 10.0. The van der Waals surface area contributed by atoms with E-state index in [2.05, 4.69) is 48.7 Å². The van der Waals surface area contributed by atoms with Crippen LogP contribution in [0.3, 0.4) is 0 Å². The summed E-state index contributed by atoms with van der Waals surface area (Å²) in [4.78, 5) is 11.9. The number of carbonyl (C=O) groups is 1. The molecule has 1 amide bonds. The molecule has 0 fully saturated rings. The summed E-state index contributed by atoms with van der Waals surface area (Å²) in [5, 5.41) is 6.14. The second-order valence-corrected chi connectivity index (χ2v) is 5.91. The molecule has 4 heteroatoms. The van der Waals surface area contributed by atoms with Crippen LogP contribution in [0, 0.1) is 0 Å². The van der Waals surface area contributed by atoms with Gasteiger partial charge in [-0.3, -0.25) is 4.79 Å². The monoisotopic (exact) mass is 320 g/mol. The van der Waals surface area contributed by atoms with Crippen LogP contribution in [0.15, 0.2) is 71.3 Å². The van der Waals surface area contributed by atoms with Crippen molar-refractivity contribution in [1.29, 1.82) is 0 Å². The van der Waals surface area contributed by atoms with Crippen LogP contribution in [0.4, 0.5) is 17.1 Å². The molecule has 0 bridgehead atoms. The largest absolute Gasteiger partial charge is 0.459 e. The molecule has 0 saturated carbocycles. The Labute approximate surface area is 141 Å². The van der Waals surface area contributed by atoms with Gasteiger partial charge in [0, 0.05) is 17.1 Å². The van der Waals surface area contributed by atoms with Gasteiger partial charge in [0.2, 0.25) is 0 Å². The number of furan rings is 1. The van der Waals surface area contributed by atoms with Gasteiger partial charge in [-0.2, -0.15) is 0 Å². The third-order valence-electron chi connectivity index (χ3n) is 3.75. The number of hydrogen-bond acceptors (Lipinski definition) is 3. The molecule has 2 aromatic carbocycles. The van der Waals surface area contributed by atoms with Gasteiger partial charge in [-0.05, 0) is 60.0 Å². The Bertz CT molecular complexity index is 789. The van der Waals surface area contributed by atoms with Crippen LogP contribution in [0.25, 0.3) is 0 Å². The van der Waals surface area contributed by atoms with Gasteiger partial charge in [0.05, 0.1) is 6.26 Å². The van der Waals surface area contributed by atoms with Crippen LogP contribution >= 0.6 is 0 Å². The van der Waals surface area contributed by atoms with Gasteiger partial charge in [0.1, 0.15) is 0 Å². The van der Waals surface area contributed by atoms with Crippen LogP contribution in [-0.2, 0) is 0 Å². The highest BCUT2D eigenvalue weighted by molar-refractivity contribution is 6.02. The molecule has 3 aromatic rings. The first-order valence-corrected chi connectivity index (χ1v) is 7.94. The maximum absolute atomic E-state index is 11.9. The highest BCUT2D eigenvalue weighted by Gasteiger charge is 2.08. The van der Waals surface area contributed by atoms with Gasteiger partial charge in [-0.15, -0.1) is 0 Å². The molecule has 1 aromatic heterocycles. The van der Waals surface area contributed by atoms with E-state index in [0.717, 1.165) is 17.1 Å². The second-order valence-electron chi connectivity index (χ2n) is 5.91. The van der Waals surface area contributed by atoms with Gasteiger partial charge in [-0.25, -0.2) is 0 Å². The molecule has 0 saturated heterocycles. The van der Waals surface area contributed by atoms with E-state index in [4.69, 9.17) is 4.42 Å². The van der Waals surface area contributed by atoms with Crippen molar-refractivity contribution in [2.45, 2.75) is 19.8 Å². The van der Waals surface area contributed by atoms with Crippen molar-refractivity contribution in [1.82, 2.24) is 0 Å². The summed E-state index contributed by atoms with van der Waals surface area (Å²) in [7, 11) is 0. The molecular weight excluding hydrogens is 300 g/mol. The molecule has 0 aliphatic carbocycles. The number of anilines is 3. The summed E-state index contributed by atoms with van der Waals surface area (Å²) >= 11 is 0. The maximum atomic E-state index is 11.9. The van der Waals surface area contributed by atoms with E-state index in [-0.39, 0.29) is 5.91 Å². The molecule has 122 valence electrons. The average Bonchev–Trinajstić information content (AvgIpc) is 3.12. The maximum Gasteiger partial charge on any atom is 0.291 e. The lowest BCUT2D eigenvalue weighted by Gasteiger charge is -2.10. The van der Waals surface area contributed by atoms with E-state index in [1.54, 1.807) is 12.1 Å². The molecule has 0 radical (unpaired) electrons. The predicted octanol–water partition coefficient (Wildman–Crippen LogP) is 5.40. The summed E-state index contributed by atoms with van der Waals surface area (Å²) in [5.74, 6) is 0.559. The fourth-order valence-electron chi connectivity index (χ4n) is 2.36. The van der Waals surface area contributed by atoms with Crippen molar-refractivity contribution in [3.8, 4) is 0 Å². The van der Waals surface area contributed by atoms with Crippen molar-refractivity contribution >= 4 is 23.0 Å². The topological polar surface area (TPSA) is 54.3 Å². The van der Waals surface area contributed by atoms with Crippen LogP contribution in [0.5, 0.6) is 0 Å². The fourth-order valence-corrected chi connectivity index (χ4v) is 2.36. The van der Waals surface area contributed by atoms with Gasteiger partial charge < -0.3 is 15.1 Å². The first-order chi connectivity index (χ1) is 11.6. The number of hydrogen-bond donors (Lipinski definition) is 2. The highest BCUT2D eigenvalue weighted by Crippen LogP contribution is 2.22. The van der Waals surface area contributed by atoms with Crippen LogP contribution in [0.2, 0.25) is 0 Å². The van der Waals surface area contributed by atoms with Crippen molar-refractivity contribution in [3.63, 3.8) is 0 Å². The standard InChI is InChI=1S/C20H20N2O2/c1-14(2)15-5-7-16(8-6-15)21-17-9-11-18(12-10-17)22-20(23)19-4-3-13-24-19/h3-14,21H,1-2H3,(H,22,23). The average molecular weight is 320 g/mol. The summed E-state index contributed by atoms with van der Waals surface area (Å²) in [6.45, 7) is 4.36. The third kappa shape index (κ3) is 3.84.